The third-order valence-electron chi connectivity index (χ3n) is 4.37. The molecule has 0 nitrogen and oxygen atoms in total. The second-order valence-electron chi connectivity index (χ2n) is 6.81. The van der Waals surface area contributed by atoms with Gasteiger partial charge in [0.25, 0.3) is 0 Å². The molecule has 0 aliphatic carbocycles. The summed E-state index contributed by atoms with van der Waals surface area (Å²) in [6, 6.07) is 36.0. The van der Waals surface area contributed by atoms with Gasteiger partial charge in [-0.25, -0.2) is 0 Å². The molecule has 0 aromatic heterocycles. The standard InChI is InChI=1S/2C10H9.C6H7Si.CH3.Zr/c2*1-8-6-9-4-2-3-5-10(9)7-8;7-6-4-2-1-3-5-6;;/h2*2-7H,1H3;1-5H,7H2;1H3;/q2*-1;;-1;+3. The van der Waals surface area contributed by atoms with Gasteiger partial charge < -0.3 is 7.43 Å². The molecule has 5 aromatic carbocycles. The number of hydrogen-bond acceptors (Lipinski definition) is 0. The van der Waals surface area contributed by atoms with E-state index >= 15 is 0 Å². The van der Waals surface area contributed by atoms with Crippen molar-refractivity contribution < 1.29 is 26.2 Å². The Morgan fingerprint density at radius 3 is 1.31 bits per heavy atom. The number of hydrogen-bond donors (Lipinski definition) is 0. The van der Waals surface area contributed by atoms with Crippen LogP contribution in [0, 0.1) is 21.3 Å². The Balaban J connectivity index is 0.000000214. The molecular formula is C27H28SiZr. The smallest absolute Gasteiger partial charge is 0.358 e. The van der Waals surface area contributed by atoms with Gasteiger partial charge in [-0.15, -0.1) is 81.2 Å². The van der Waals surface area contributed by atoms with Gasteiger partial charge in [0.05, 0.1) is 0 Å². The van der Waals surface area contributed by atoms with Gasteiger partial charge >= 0.3 is 26.2 Å². The molecule has 0 N–H and O–H groups in total. The molecule has 0 spiro atoms. The minimum Gasteiger partial charge on any atom is -0.358 e. The molecule has 5 aromatic rings. The van der Waals surface area contributed by atoms with Crippen molar-refractivity contribution in [2.24, 2.45) is 0 Å². The fourth-order valence-electron chi connectivity index (χ4n) is 3.09. The van der Waals surface area contributed by atoms with Crippen molar-refractivity contribution in [1.82, 2.24) is 0 Å². The van der Waals surface area contributed by atoms with Gasteiger partial charge in [0, 0.05) is 10.2 Å². The fourth-order valence-corrected chi connectivity index (χ4v) is 3.36. The zero-order valence-electron chi connectivity index (χ0n) is 17.5. The maximum atomic E-state index is 2.20. The van der Waals surface area contributed by atoms with Crippen molar-refractivity contribution in [2.45, 2.75) is 13.8 Å². The van der Waals surface area contributed by atoms with E-state index in [9.17, 15) is 0 Å². The van der Waals surface area contributed by atoms with Gasteiger partial charge in [-0.3, -0.25) is 0 Å². The van der Waals surface area contributed by atoms with Gasteiger partial charge in [-0.05, 0) is 0 Å². The molecule has 0 heterocycles. The first kappa shape index (κ1) is 25.0. The van der Waals surface area contributed by atoms with Crippen molar-refractivity contribution in [2.75, 3.05) is 0 Å². The van der Waals surface area contributed by atoms with Gasteiger partial charge in [-0.2, -0.15) is 12.1 Å². The third kappa shape index (κ3) is 7.72. The van der Waals surface area contributed by atoms with Crippen LogP contribution in [0.5, 0.6) is 0 Å². The Morgan fingerprint density at radius 1 is 0.586 bits per heavy atom. The second-order valence-corrected chi connectivity index (χ2v) is 7.63. The monoisotopic (exact) mass is 470 g/mol. The number of rotatable bonds is 0. The van der Waals surface area contributed by atoms with Crippen LogP contribution >= 0.6 is 0 Å². The Bertz CT molecular complexity index is 965. The zero-order valence-corrected chi connectivity index (χ0v) is 21.4. The van der Waals surface area contributed by atoms with Gasteiger partial charge in [0.15, 0.2) is 0 Å². The molecule has 0 aliphatic rings. The summed E-state index contributed by atoms with van der Waals surface area (Å²) in [5, 5.41) is 6.74. The first-order chi connectivity index (χ1) is 13.1. The normalized spacial score (nSPS) is 9.34. The number of fused-ring (bicyclic) bond motifs is 2. The molecule has 5 rings (SSSR count). The summed E-state index contributed by atoms with van der Waals surface area (Å²) in [7, 11) is 1.90. The van der Waals surface area contributed by atoms with E-state index in [1.807, 2.05) is 28.4 Å². The molecule has 0 aliphatic heterocycles. The van der Waals surface area contributed by atoms with Crippen molar-refractivity contribution in [3.05, 3.63) is 122 Å². The second kappa shape index (κ2) is 12.5. The van der Waals surface area contributed by atoms with Crippen molar-refractivity contribution in [1.29, 1.82) is 0 Å². The van der Waals surface area contributed by atoms with Gasteiger partial charge in [-0.1, -0.05) is 61.5 Å². The summed E-state index contributed by atoms with van der Waals surface area (Å²) in [4.78, 5) is 0. The van der Waals surface area contributed by atoms with Crippen LogP contribution in [-0.2, 0) is 26.2 Å². The molecule has 0 amide bonds. The van der Waals surface area contributed by atoms with E-state index < -0.39 is 0 Å². The van der Waals surface area contributed by atoms with Crippen LogP contribution in [0.4, 0.5) is 0 Å². The van der Waals surface area contributed by atoms with E-state index in [0.717, 1.165) is 0 Å². The molecular weight excluding hydrogens is 444 g/mol. The summed E-state index contributed by atoms with van der Waals surface area (Å²) >= 11 is 0. The van der Waals surface area contributed by atoms with E-state index in [-0.39, 0.29) is 33.6 Å². The summed E-state index contributed by atoms with van der Waals surface area (Å²) in [6.07, 6.45) is 0. The fraction of sp³-hybridized carbons (Fsp3) is 0.0741. The van der Waals surface area contributed by atoms with Gasteiger partial charge in [0.1, 0.15) is 0 Å². The molecule has 0 saturated carbocycles. The number of benzene rings is 3. The SMILES string of the molecule is Cc1cc2ccccc2[cH-]1.Cc1cc2ccccc2[cH-]1.[CH3-].[SiH2]c1ccccc1.[Zr+3]. The van der Waals surface area contributed by atoms with Crippen LogP contribution in [-0.4, -0.2) is 10.2 Å². The largest absolute Gasteiger partial charge is 3.00 e. The Kier molecular flexibility index (Phi) is 10.8. The van der Waals surface area contributed by atoms with Crippen LogP contribution in [0.1, 0.15) is 11.1 Å². The summed E-state index contributed by atoms with van der Waals surface area (Å²) in [5.74, 6) is 0. The minimum absolute atomic E-state index is 0. The van der Waals surface area contributed by atoms with Gasteiger partial charge in [0.2, 0.25) is 0 Å². The maximum absolute atomic E-state index is 2.20. The van der Waals surface area contributed by atoms with E-state index in [0.29, 0.717) is 0 Å². The average molecular weight is 472 g/mol. The quantitative estimate of drug-likeness (QED) is 0.188. The molecule has 29 heavy (non-hydrogen) atoms. The Labute approximate surface area is 197 Å². The Hall–Kier alpha value is -2.02. The van der Waals surface area contributed by atoms with Crippen molar-refractivity contribution in [3.63, 3.8) is 0 Å². The predicted molar refractivity (Wildman–Crippen MR) is 130 cm³/mol. The van der Waals surface area contributed by atoms with Crippen LogP contribution in [0.25, 0.3) is 21.5 Å². The van der Waals surface area contributed by atoms with E-state index in [2.05, 4.69) is 98.8 Å². The van der Waals surface area contributed by atoms with Crippen molar-refractivity contribution in [3.8, 4) is 0 Å². The van der Waals surface area contributed by atoms with Crippen molar-refractivity contribution >= 4 is 37.0 Å². The van der Waals surface area contributed by atoms with E-state index in [1.165, 1.54) is 37.9 Å². The van der Waals surface area contributed by atoms with Crippen LogP contribution in [0.3, 0.4) is 0 Å². The molecule has 0 unspecified atom stereocenters. The molecule has 0 bridgehead atoms. The molecule has 0 saturated heterocycles. The summed E-state index contributed by atoms with van der Waals surface area (Å²) in [5.41, 5.74) is 2.70. The van der Waals surface area contributed by atoms with Crippen LogP contribution in [0.2, 0.25) is 0 Å². The average Bonchev–Trinajstić information content (AvgIpc) is 3.23. The topological polar surface area (TPSA) is 0 Å². The van der Waals surface area contributed by atoms with Crippen LogP contribution in [0.15, 0.2) is 103 Å². The first-order valence-corrected chi connectivity index (χ1v) is 9.94. The molecule has 2 heteroatoms. The molecule has 0 atom stereocenters. The predicted octanol–water partition coefficient (Wildman–Crippen LogP) is 6.13. The third-order valence-corrected chi connectivity index (χ3v) is 4.84. The summed E-state index contributed by atoms with van der Waals surface area (Å²) < 4.78 is 0. The van der Waals surface area contributed by atoms with E-state index in [1.54, 1.807) is 0 Å². The van der Waals surface area contributed by atoms with E-state index in [4.69, 9.17) is 0 Å². The molecule has 0 fully saturated rings. The molecule has 144 valence electrons. The van der Waals surface area contributed by atoms with Crippen LogP contribution < -0.4 is 5.19 Å². The maximum Gasteiger partial charge on any atom is 3.00 e. The first-order valence-electron chi connectivity index (χ1n) is 9.23. The Morgan fingerprint density at radius 2 is 0.966 bits per heavy atom. The molecule has 2 radical (unpaired) electrons. The number of aryl methyl sites for hydroxylation is 2. The minimum atomic E-state index is 0. The zero-order chi connectivity index (χ0) is 19.1. The summed E-state index contributed by atoms with van der Waals surface area (Å²) in [6.45, 7) is 4.25.